The van der Waals surface area contributed by atoms with E-state index in [2.05, 4.69) is 0 Å². The first-order chi connectivity index (χ1) is 10.9. The quantitative estimate of drug-likeness (QED) is 0.817. The second-order valence-electron chi connectivity index (χ2n) is 6.16. The van der Waals surface area contributed by atoms with Crippen LogP contribution in [0, 0.1) is 6.92 Å². The number of ketones is 1. The minimum Gasteiger partial charge on any atom is -0.507 e. The zero-order chi connectivity index (χ0) is 16.7. The predicted molar refractivity (Wildman–Crippen MR) is 85.0 cm³/mol. The van der Waals surface area contributed by atoms with E-state index in [0.29, 0.717) is 23.1 Å². The first kappa shape index (κ1) is 15.5. The van der Waals surface area contributed by atoms with Gasteiger partial charge in [0.15, 0.2) is 5.78 Å². The van der Waals surface area contributed by atoms with Crippen LogP contribution in [0.25, 0.3) is 0 Å². The number of phenols is 1. The molecule has 1 aromatic rings. The molecule has 2 aliphatic rings. The number of carbonyl (C=O) groups excluding carboxylic acids is 2. The van der Waals surface area contributed by atoms with Crippen LogP contribution in [-0.2, 0) is 11.2 Å². The Morgan fingerprint density at radius 2 is 2.09 bits per heavy atom. The lowest BCUT2D eigenvalue weighted by atomic mass is 9.95. The van der Waals surface area contributed by atoms with Gasteiger partial charge < -0.3 is 15.1 Å². The molecule has 23 heavy (non-hydrogen) atoms. The highest BCUT2D eigenvalue weighted by Crippen LogP contribution is 2.36. The molecule has 0 aromatic heterocycles. The van der Waals surface area contributed by atoms with Crippen molar-refractivity contribution < 1.29 is 19.8 Å². The number of amides is 1. The van der Waals surface area contributed by atoms with Crippen molar-refractivity contribution in [3.8, 4) is 5.75 Å². The highest BCUT2D eigenvalue weighted by atomic mass is 16.3. The van der Waals surface area contributed by atoms with Gasteiger partial charge in [-0.3, -0.25) is 9.59 Å². The molecule has 0 spiro atoms. The van der Waals surface area contributed by atoms with Crippen LogP contribution in [0.5, 0.6) is 5.75 Å². The van der Waals surface area contributed by atoms with E-state index in [1.54, 1.807) is 31.3 Å². The number of aromatic hydroxyl groups is 1. The normalized spacial score (nSPS) is 23.5. The van der Waals surface area contributed by atoms with Crippen molar-refractivity contribution in [2.45, 2.75) is 38.8 Å². The molecule has 5 heteroatoms. The summed E-state index contributed by atoms with van der Waals surface area (Å²) in [5.41, 5.74) is 2.44. The lowest BCUT2D eigenvalue weighted by Gasteiger charge is -2.24. The Balaban J connectivity index is 2.01. The van der Waals surface area contributed by atoms with Gasteiger partial charge in [0.1, 0.15) is 5.75 Å². The van der Waals surface area contributed by atoms with Gasteiger partial charge >= 0.3 is 0 Å². The molecule has 2 aliphatic heterocycles. The third kappa shape index (κ3) is 2.68. The molecule has 0 radical (unpaired) electrons. The van der Waals surface area contributed by atoms with Crippen LogP contribution >= 0.6 is 0 Å². The van der Waals surface area contributed by atoms with Gasteiger partial charge in [-0.25, -0.2) is 0 Å². The second kappa shape index (κ2) is 5.66. The number of aryl methyl sites for hydroxylation is 1. The number of aliphatic hydroxyl groups is 1. The average molecular weight is 313 g/mol. The molecule has 3 rings (SSSR count). The third-order valence-electron chi connectivity index (χ3n) is 4.45. The van der Waals surface area contributed by atoms with Gasteiger partial charge in [-0.1, -0.05) is 12.1 Å². The number of hydrogen-bond donors (Lipinski definition) is 2. The van der Waals surface area contributed by atoms with Crippen molar-refractivity contribution in [3.63, 3.8) is 0 Å². The highest BCUT2D eigenvalue weighted by Gasteiger charge is 2.39. The van der Waals surface area contributed by atoms with Crippen LogP contribution in [0.1, 0.15) is 34.8 Å². The standard InChI is InChI=1S/C18H19NO4/c1-10-3-6-13-14(17(10)22)8-16(21)15-7-12(5-4-11(2)20)9-19(15)18(13)23/h3-6,9,15-16,21-22H,7-8H2,1-2H3/b5-4+/t15-,16+/m0/s1. The van der Waals surface area contributed by atoms with E-state index in [4.69, 9.17) is 0 Å². The van der Waals surface area contributed by atoms with Gasteiger partial charge in [-0.05, 0) is 43.5 Å². The van der Waals surface area contributed by atoms with Gasteiger partial charge in [-0.15, -0.1) is 0 Å². The lowest BCUT2D eigenvalue weighted by molar-refractivity contribution is -0.112. The zero-order valence-corrected chi connectivity index (χ0v) is 13.1. The summed E-state index contributed by atoms with van der Waals surface area (Å²) in [5, 5.41) is 20.7. The van der Waals surface area contributed by atoms with Crippen molar-refractivity contribution in [3.05, 3.63) is 52.7 Å². The van der Waals surface area contributed by atoms with Crippen molar-refractivity contribution in [2.75, 3.05) is 0 Å². The molecule has 0 bridgehead atoms. The van der Waals surface area contributed by atoms with Gasteiger partial charge in [-0.2, -0.15) is 0 Å². The number of nitrogens with zero attached hydrogens (tertiary/aromatic N) is 1. The molecule has 2 atom stereocenters. The van der Waals surface area contributed by atoms with E-state index >= 15 is 0 Å². The molecule has 5 nitrogen and oxygen atoms in total. The smallest absolute Gasteiger partial charge is 0.258 e. The molecule has 1 amide bonds. The van der Waals surface area contributed by atoms with Crippen LogP contribution in [0.2, 0.25) is 0 Å². The number of carbonyl (C=O) groups is 2. The van der Waals surface area contributed by atoms with Crippen LogP contribution in [-0.4, -0.2) is 38.9 Å². The van der Waals surface area contributed by atoms with E-state index in [1.807, 2.05) is 0 Å². The fourth-order valence-corrected chi connectivity index (χ4v) is 3.18. The minimum atomic E-state index is -0.771. The number of fused-ring (bicyclic) bond motifs is 2. The summed E-state index contributed by atoms with van der Waals surface area (Å²) in [7, 11) is 0. The summed E-state index contributed by atoms with van der Waals surface area (Å²) in [4.78, 5) is 25.4. The summed E-state index contributed by atoms with van der Waals surface area (Å²) in [5.74, 6) is -0.217. The summed E-state index contributed by atoms with van der Waals surface area (Å²) >= 11 is 0. The average Bonchev–Trinajstić information content (AvgIpc) is 2.90. The molecule has 1 aromatic carbocycles. The van der Waals surface area contributed by atoms with Gasteiger partial charge in [0.05, 0.1) is 12.1 Å². The Hall–Kier alpha value is -2.40. The first-order valence-corrected chi connectivity index (χ1v) is 7.60. The summed E-state index contributed by atoms with van der Waals surface area (Å²) < 4.78 is 0. The van der Waals surface area contributed by atoms with E-state index in [9.17, 15) is 19.8 Å². The van der Waals surface area contributed by atoms with E-state index in [-0.39, 0.29) is 29.9 Å². The second-order valence-corrected chi connectivity index (χ2v) is 6.16. The monoisotopic (exact) mass is 313 g/mol. The molecular weight excluding hydrogens is 294 g/mol. The predicted octanol–water partition coefficient (Wildman–Crippen LogP) is 1.86. The molecule has 0 saturated heterocycles. The highest BCUT2D eigenvalue weighted by molar-refractivity contribution is 5.98. The fourth-order valence-electron chi connectivity index (χ4n) is 3.18. The van der Waals surface area contributed by atoms with Gasteiger partial charge in [0, 0.05) is 23.7 Å². The maximum Gasteiger partial charge on any atom is 0.258 e. The molecule has 2 N–H and O–H groups in total. The number of hydrogen-bond acceptors (Lipinski definition) is 4. The molecule has 0 unspecified atom stereocenters. The Kier molecular flexibility index (Phi) is 3.82. The topological polar surface area (TPSA) is 77.8 Å². The van der Waals surface area contributed by atoms with Crippen LogP contribution in [0.4, 0.5) is 0 Å². The Labute approximate surface area is 134 Å². The van der Waals surface area contributed by atoms with Crippen molar-refractivity contribution in [1.82, 2.24) is 4.90 Å². The molecule has 2 heterocycles. The summed E-state index contributed by atoms with van der Waals surface area (Å²) in [6.07, 6.45) is 4.77. The summed E-state index contributed by atoms with van der Waals surface area (Å²) in [6, 6.07) is 3.02. The van der Waals surface area contributed by atoms with Gasteiger partial charge in [0.25, 0.3) is 5.91 Å². The largest absolute Gasteiger partial charge is 0.507 e. The Bertz CT molecular complexity index is 748. The first-order valence-electron chi connectivity index (χ1n) is 7.60. The number of allylic oxidation sites excluding steroid dienone is 2. The lowest BCUT2D eigenvalue weighted by Crippen LogP contribution is -2.39. The Morgan fingerprint density at radius 3 is 2.78 bits per heavy atom. The van der Waals surface area contributed by atoms with E-state index in [1.165, 1.54) is 17.9 Å². The van der Waals surface area contributed by atoms with E-state index < -0.39 is 6.10 Å². The molecule has 0 fully saturated rings. The molecule has 0 saturated carbocycles. The number of benzene rings is 1. The number of aliphatic hydroxyl groups excluding tert-OH is 1. The van der Waals surface area contributed by atoms with Gasteiger partial charge in [0.2, 0.25) is 0 Å². The maximum atomic E-state index is 12.8. The van der Waals surface area contributed by atoms with Crippen LogP contribution in [0.15, 0.2) is 36.1 Å². The maximum absolute atomic E-state index is 12.8. The van der Waals surface area contributed by atoms with Crippen LogP contribution < -0.4 is 0 Å². The molecular formula is C18H19NO4. The zero-order valence-electron chi connectivity index (χ0n) is 13.1. The number of phenolic OH excluding ortho intramolecular Hbond substituents is 1. The Morgan fingerprint density at radius 1 is 1.35 bits per heavy atom. The van der Waals surface area contributed by atoms with Crippen molar-refractivity contribution >= 4 is 11.7 Å². The third-order valence-corrected chi connectivity index (χ3v) is 4.45. The number of rotatable bonds is 2. The SMILES string of the molecule is CC(=O)/C=C/C1=CN2C(=O)c3ccc(C)c(O)c3C[C@@H](O)[C@@H]2C1. The van der Waals surface area contributed by atoms with Crippen molar-refractivity contribution in [1.29, 1.82) is 0 Å². The van der Waals surface area contributed by atoms with Crippen molar-refractivity contribution in [2.24, 2.45) is 0 Å². The van der Waals surface area contributed by atoms with Crippen LogP contribution in [0.3, 0.4) is 0 Å². The van der Waals surface area contributed by atoms with E-state index in [0.717, 1.165) is 5.57 Å². The minimum absolute atomic E-state index is 0.0642. The molecule has 0 aliphatic carbocycles. The summed E-state index contributed by atoms with van der Waals surface area (Å²) in [6.45, 7) is 3.23. The fraction of sp³-hybridized carbons (Fsp3) is 0.333. The molecule has 120 valence electrons.